The summed E-state index contributed by atoms with van der Waals surface area (Å²) >= 11 is 0. The molecule has 0 saturated carbocycles. The number of cyclic esters (lactones) is 1. The van der Waals surface area contributed by atoms with E-state index in [1.807, 2.05) is 0 Å². The van der Waals surface area contributed by atoms with Crippen molar-refractivity contribution in [2.24, 2.45) is 4.99 Å². The van der Waals surface area contributed by atoms with Gasteiger partial charge in [-0.05, 0) is 36.4 Å². The summed E-state index contributed by atoms with van der Waals surface area (Å²) in [6.45, 7) is 0. The first-order valence-electron chi connectivity index (χ1n) is 8.36. The SMILES string of the molecule is O=C1OC(c2ccccc2F)=NC1=Cc1ccc(-c2cccc(C(F)(F)F)c2)o1. The number of esters is 1. The maximum atomic E-state index is 13.8. The van der Waals surface area contributed by atoms with Gasteiger partial charge >= 0.3 is 12.1 Å². The third-order valence-corrected chi connectivity index (χ3v) is 4.10. The number of alkyl halides is 3. The molecule has 0 aliphatic carbocycles. The molecule has 2 aromatic carbocycles. The van der Waals surface area contributed by atoms with Gasteiger partial charge in [0.05, 0.1) is 11.1 Å². The first kappa shape index (κ1) is 18.7. The highest BCUT2D eigenvalue weighted by Gasteiger charge is 2.31. The first-order chi connectivity index (χ1) is 13.8. The van der Waals surface area contributed by atoms with E-state index in [9.17, 15) is 22.4 Å². The van der Waals surface area contributed by atoms with Crippen LogP contribution in [0.2, 0.25) is 0 Å². The molecule has 0 fully saturated rings. The van der Waals surface area contributed by atoms with E-state index in [4.69, 9.17) is 9.15 Å². The molecule has 3 aromatic rings. The van der Waals surface area contributed by atoms with Crippen LogP contribution >= 0.6 is 0 Å². The lowest BCUT2D eigenvalue weighted by molar-refractivity contribution is -0.137. The average molecular weight is 401 g/mol. The molecule has 0 N–H and O–H groups in total. The quantitative estimate of drug-likeness (QED) is 0.333. The van der Waals surface area contributed by atoms with Gasteiger partial charge in [0.1, 0.15) is 17.3 Å². The molecule has 0 bridgehead atoms. The van der Waals surface area contributed by atoms with Gasteiger partial charge in [-0.15, -0.1) is 0 Å². The molecule has 1 aliphatic rings. The summed E-state index contributed by atoms with van der Waals surface area (Å²) in [6.07, 6.45) is -3.20. The van der Waals surface area contributed by atoms with Crippen molar-refractivity contribution in [1.82, 2.24) is 0 Å². The minimum atomic E-state index is -4.47. The predicted octanol–water partition coefficient (Wildman–Crippen LogP) is 5.45. The van der Waals surface area contributed by atoms with Crippen molar-refractivity contribution in [1.29, 1.82) is 0 Å². The van der Waals surface area contributed by atoms with Gasteiger partial charge in [-0.1, -0.05) is 24.3 Å². The fourth-order valence-corrected chi connectivity index (χ4v) is 2.73. The molecule has 0 amide bonds. The maximum Gasteiger partial charge on any atom is 0.416 e. The van der Waals surface area contributed by atoms with Crippen LogP contribution in [-0.2, 0) is 15.7 Å². The smallest absolute Gasteiger partial charge is 0.416 e. The number of aliphatic imine (C=N–C) groups is 1. The van der Waals surface area contributed by atoms with Gasteiger partial charge in [-0.2, -0.15) is 13.2 Å². The van der Waals surface area contributed by atoms with Gasteiger partial charge in [0.25, 0.3) is 0 Å². The summed E-state index contributed by atoms with van der Waals surface area (Å²) in [4.78, 5) is 16.0. The minimum Gasteiger partial charge on any atom is -0.457 e. The third-order valence-electron chi connectivity index (χ3n) is 4.10. The van der Waals surface area contributed by atoms with Crippen LogP contribution in [0, 0.1) is 5.82 Å². The Morgan fingerprint density at radius 3 is 2.52 bits per heavy atom. The Morgan fingerprint density at radius 2 is 1.76 bits per heavy atom. The van der Waals surface area contributed by atoms with E-state index in [1.165, 1.54) is 48.5 Å². The van der Waals surface area contributed by atoms with Crippen LogP contribution in [0.1, 0.15) is 16.9 Å². The summed E-state index contributed by atoms with van der Waals surface area (Å²) in [6, 6.07) is 13.3. The molecule has 29 heavy (non-hydrogen) atoms. The molecule has 0 unspecified atom stereocenters. The Bertz CT molecular complexity index is 1160. The Kier molecular flexibility index (Phi) is 4.54. The summed E-state index contributed by atoms with van der Waals surface area (Å²) in [7, 11) is 0. The number of carbonyl (C=O) groups is 1. The van der Waals surface area contributed by atoms with Crippen LogP contribution in [0.5, 0.6) is 0 Å². The Hall–Kier alpha value is -3.68. The van der Waals surface area contributed by atoms with E-state index in [0.717, 1.165) is 12.1 Å². The Balaban J connectivity index is 1.63. The minimum absolute atomic E-state index is 0.0355. The summed E-state index contributed by atoms with van der Waals surface area (Å²) in [5, 5.41) is 0. The van der Waals surface area contributed by atoms with Crippen LogP contribution in [0.15, 0.2) is 75.8 Å². The number of nitrogens with zero attached hydrogens (tertiary/aromatic N) is 1. The van der Waals surface area contributed by atoms with Crippen molar-refractivity contribution in [3.63, 3.8) is 0 Å². The summed E-state index contributed by atoms with van der Waals surface area (Å²) in [5.74, 6) is -1.19. The molecule has 2 heterocycles. The second-order valence-electron chi connectivity index (χ2n) is 6.10. The highest BCUT2D eigenvalue weighted by molar-refractivity contribution is 6.12. The number of benzene rings is 2. The van der Waals surface area contributed by atoms with Crippen molar-refractivity contribution in [3.05, 3.63) is 89.1 Å². The second-order valence-corrected chi connectivity index (χ2v) is 6.10. The van der Waals surface area contributed by atoms with Gasteiger partial charge < -0.3 is 9.15 Å². The number of rotatable bonds is 3. The molecule has 146 valence electrons. The summed E-state index contributed by atoms with van der Waals surface area (Å²) < 4.78 is 63.0. The highest BCUT2D eigenvalue weighted by Crippen LogP contribution is 2.33. The van der Waals surface area contributed by atoms with Crippen LogP contribution in [-0.4, -0.2) is 11.9 Å². The van der Waals surface area contributed by atoms with Crippen molar-refractivity contribution in [2.75, 3.05) is 0 Å². The fraction of sp³-hybridized carbons (Fsp3) is 0.0476. The molecule has 4 rings (SSSR count). The largest absolute Gasteiger partial charge is 0.457 e. The lowest BCUT2D eigenvalue weighted by atomic mass is 10.1. The van der Waals surface area contributed by atoms with E-state index >= 15 is 0 Å². The second kappa shape index (κ2) is 7.05. The Labute approximate surface area is 161 Å². The van der Waals surface area contributed by atoms with E-state index in [0.29, 0.717) is 0 Å². The fourth-order valence-electron chi connectivity index (χ4n) is 2.73. The first-order valence-corrected chi connectivity index (χ1v) is 8.36. The van der Waals surface area contributed by atoms with Crippen LogP contribution in [0.4, 0.5) is 17.6 Å². The lowest BCUT2D eigenvalue weighted by Crippen LogP contribution is -2.07. The number of furan rings is 1. The molecule has 1 aromatic heterocycles. The molecule has 0 saturated heterocycles. The van der Waals surface area contributed by atoms with E-state index in [-0.39, 0.29) is 34.2 Å². The molecule has 0 spiro atoms. The zero-order chi connectivity index (χ0) is 20.6. The standard InChI is InChI=1S/C21H11F4NO3/c22-16-7-2-1-6-15(16)19-26-17(20(27)29-19)11-14-8-9-18(28-14)12-4-3-5-13(10-12)21(23,24)25/h1-11H. The lowest BCUT2D eigenvalue weighted by Gasteiger charge is -2.07. The number of ether oxygens (including phenoxy) is 1. The third kappa shape index (κ3) is 3.82. The van der Waals surface area contributed by atoms with Gasteiger partial charge in [0, 0.05) is 11.6 Å². The van der Waals surface area contributed by atoms with Gasteiger partial charge in [0.2, 0.25) is 5.90 Å². The zero-order valence-corrected chi connectivity index (χ0v) is 14.5. The molecule has 1 aliphatic heterocycles. The highest BCUT2D eigenvalue weighted by atomic mass is 19.4. The Morgan fingerprint density at radius 1 is 0.966 bits per heavy atom. The van der Waals surface area contributed by atoms with Crippen molar-refractivity contribution in [3.8, 4) is 11.3 Å². The maximum absolute atomic E-state index is 13.8. The summed E-state index contributed by atoms with van der Waals surface area (Å²) in [5.41, 5.74) is -0.652. The number of hydrogen-bond acceptors (Lipinski definition) is 4. The van der Waals surface area contributed by atoms with Crippen LogP contribution in [0.3, 0.4) is 0 Å². The van der Waals surface area contributed by atoms with Gasteiger partial charge in [-0.25, -0.2) is 14.2 Å². The normalized spacial score (nSPS) is 15.5. The molecule has 8 heteroatoms. The molecular weight excluding hydrogens is 390 g/mol. The van der Waals surface area contributed by atoms with E-state index < -0.39 is 23.5 Å². The molecule has 4 nitrogen and oxygen atoms in total. The van der Waals surface area contributed by atoms with E-state index in [1.54, 1.807) is 6.07 Å². The van der Waals surface area contributed by atoms with Gasteiger partial charge in [-0.3, -0.25) is 0 Å². The number of carbonyl (C=O) groups excluding carboxylic acids is 1. The topological polar surface area (TPSA) is 51.8 Å². The van der Waals surface area contributed by atoms with Crippen molar-refractivity contribution < 1.29 is 31.5 Å². The predicted molar refractivity (Wildman–Crippen MR) is 96.2 cm³/mol. The molecule has 0 radical (unpaired) electrons. The zero-order valence-electron chi connectivity index (χ0n) is 14.5. The molecular formula is C21H11F4NO3. The number of hydrogen-bond donors (Lipinski definition) is 0. The van der Waals surface area contributed by atoms with Gasteiger partial charge in [0.15, 0.2) is 5.70 Å². The monoisotopic (exact) mass is 401 g/mol. The van der Waals surface area contributed by atoms with Crippen LogP contribution in [0.25, 0.3) is 17.4 Å². The van der Waals surface area contributed by atoms with Crippen molar-refractivity contribution in [2.45, 2.75) is 6.18 Å². The average Bonchev–Trinajstić information content (AvgIpc) is 3.29. The van der Waals surface area contributed by atoms with E-state index in [2.05, 4.69) is 4.99 Å². The molecule has 0 atom stereocenters. The number of halogens is 4. The van der Waals surface area contributed by atoms with Crippen LogP contribution < -0.4 is 0 Å². The van der Waals surface area contributed by atoms with Crippen molar-refractivity contribution >= 4 is 17.9 Å².